The summed E-state index contributed by atoms with van der Waals surface area (Å²) in [5.74, 6) is 0. The minimum absolute atomic E-state index is 0.558. The lowest BCUT2D eigenvalue weighted by atomic mass is 10.2. The van der Waals surface area contributed by atoms with Gasteiger partial charge in [-0.15, -0.1) is 0 Å². The molecule has 5 heteroatoms. The summed E-state index contributed by atoms with van der Waals surface area (Å²) in [5, 5.41) is 3.50. The van der Waals surface area contributed by atoms with Gasteiger partial charge in [-0.25, -0.2) is 0 Å². The number of nitrogens with one attached hydrogen (secondary N) is 1. The fraction of sp³-hybridized carbons (Fsp3) is 1.00. The average Bonchev–Trinajstić information content (AvgIpc) is 2.50. The fourth-order valence-electron chi connectivity index (χ4n) is 2.10. The van der Waals surface area contributed by atoms with E-state index in [1.54, 1.807) is 7.11 Å². The number of methoxy groups -OCH3 is 1. The van der Waals surface area contributed by atoms with Gasteiger partial charge < -0.3 is 24.4 Å². The predicted octanol–water partition coefficient (Wildman–Crippen LogP) is 1.77. The highest BCUT2D eigenvalue weighted by molar-refractivity contribution is 4.62. The van der Waals surface area contributed by atoms with Gasteiger partial charge in [-0.3, -0.25) is 0 Å². The van der Waals surface area contributed by atoms with Crippen molar-refractivity contribution in [3.8, 4) is 0 Å². The molecule has 128 valence electrons. The van der Waals surface area contributed by atoms with Crippen LogP contribution in [-0.4, -0.2) is 77.3 Å². The van der Waals surface area contributed by atoms with E-state index in [0.29, 0.717) is 32.5 Å². The Morgan fingerprint density at radius 3 is 2.19 bits per heavy atom. The highest BCUT2D eigenvalue weighted by Gasteiger charge is 2.03. The molecule has 0 rings (SSSR count). The van der Waals surface area contributed by atoms with Crippen molar-refractivity contribution in [2.45, 2.75) is 39.7 Å². The van der Waals surface area contributed by atoms with E-state index in [2.05, 4.69) is 31.0 Å². The smallest absolute Gasteiger partial charge is 0.0701 e. The Morgan fingerprint density at radius 1 is 0.952 bits per heavy atom. The summed E-state index contributed by atoms with van der Waals surface area (Å²) < 4.78 is 15.7. The van der Waals surface area contributed by atoms with E-state index in [1.165, 1.54) is 19.4 Å². The van der Waals surface area contributed by atoms with Crippen LogP contribution in [0.4, 0.5) is 0 Å². The van der Waals surface area contributed by atoms with Gasteiger partial charge >= 0.3 is 0 Å². The van der Waals surface area contributed by atoms with Gasteiger partial charge in [0.15, 0.2) is 0 Å². The van der Waals surface area contributed by atoms with Crippen molar-refractivity contribution in [2.24, 2.45) is 0 Å². The molecule has 1 unspecified atom stereocenters. The lowest BCUT2D eigenvalue weighted by molar-refractivity contribution is 0.0252. The van der Waals surface area contributed by atoms with Crippen molar-refractivity contribution >= 4 is 0 Å². The van der Waals surface area contributed by atoms with Crippen molar-refractivity contribution in [1.29, 1.82) is 0 Å². The maximum absolute atomic E-state index is 5.51. The minimum atomic E-state index is 0.558. The monoisotopic (exact) mass is 304 g/mol. The molecule has 1 N–H and O–H groups in total. The van der Waals surface area contributed by atoms with Crippen LogP contribution in [0, 0.1) is 0 Å². The van der Waals surface area contributed by atoms with Gasteiger partial charge in [-0.1, -0.05) is 13.8 Å². The maximum Gasteiger partial charge on any atom is 0.0701 e. The first-order valence-electron chi connectivity index (χ1n) is 8.34. The molecule has 0 bridgehead atoms. The van der Waals surface area contributed by atoms with Crippen LogP contribution in [0.15, 0.2) is 0 Å². The third kappa shape index (κ3) is 14.5. The summed E-state index contributed by atoms with van der Waals surface area (Å²) in [4.78, 5) is 2.47. The van der Waals surface area contributed by atoms with Crippen molar-refractivity contribution in [3.63, 3.8) is 0 Å². The van der Waals surface area contributed by atoms with E-state index in [1.807, 2.05) is 0 Å². The molecule has 0 saturated heterocycles. The van der Waals surface area contributed by atoms with Gasteiger partial charge in [0.2, 0.25) is 0 Å². The Kier molecular flexibility index (Phi) is 16.0. The first kappa shape index (κ1) is 20.8. The number of nitrogens with zero attached hydrogens (tertiary/aromatic N) is 1. The van der Waals surface area contributed by atoms with Gasteiger partial charge in [-0.2, -0.15) is 0 Å². The number of hydrogen-bond donors (Lipinski definition) is 1. The zero-order valence-electron chi connectivity index (χ0n) is 14.5. The molecular weight excluding hydrogens is 268 g/mol. The SMILES string of the molecule is CCN(CC)CCCC(C)NCCOCCOCCOC. The highest BCUT2D eigenvalue weighted by atomic mass is 16.5. The van der Waals surface area contributed by atoms with Crippen molar-refractivity contribution in [3.05, 3.63) is 0 Å². The molecule has 0 spiro atoms. The largest absolute Gasteiger partial charge is 0.382 e. The Morgan fingerprint density at radius 2 is 1.57 bits per heavy atom. The molecule has 0 aromatic carbocycles. The van der Waals surface area contributed by atoms with Crippen LogP contribution in [-0.2, 0) is 14.2 Å². The molecule has 0 aromatic rings. The summed E-state index contributed by atoms with van der Waals surface area (Å²) in [6.45, 7) is 14.4. The molecule has 0 aliphatic rings. The molecule has 0 amide bonds. The third-order valence-corrected chi connectivity index (χ3v) is 3.55. The van der Waals surface area contributed by atoms with Crippen LogP contribution in [0.3, 0.4) is 0 Å². The second-order valence-electron chi connectivity index (χ2n) is 5.24. The molecule has 1 atom stereocenters. The standard InChI is InChI=1S/C16H36N2O3/c1-5-18(6-2)10-7-8-16(3)17-9-11-20-14-15-21-13-12-19-4/h16-17H,5-15H2,1-4H3. The van der Waals surface area contributed by atoms with Crippen molar-refractivity contribution in [1.82, 2.24) is 10.2 Å². The van der Waals surface area contributed by atoms with Crippen molar-refractivity contribution in [2.75, 3.05) is 66.3 Å². The minimum Gasteiger partial charge on any atom is -0.382 e. The first-order chi connectivity index (χ1) is 10.2. The molecule has 0 saturated carbocycles. The Bertz CT molecular complexity index is 202. The summed E-state index contributed by atoms with van der Waals surface area (Å²) in [6.07, 6.45) is 2.47. The zero-order valence-corrected chi connectivity index (χ0v) is 14.5. The Balaban J connectivity index is 3.24. The number of rotatable bonds is 16. The normalized spacial score (nSPS) is 13.0. The molecule has 0 fully saturated rings. The van der Waals surface area contributed by atoms with Gasteiger partial charge in [0.1, 0.15) is 0 Å². The van der Waals surface area contributed by atoms with E-state index >= 15 is 0 Å². The third-order valence-electron chi connectivity index (χ3n) is 3.55. The molecule has 0 radical (unpaired) electrons. The van der Waals surface area contributed by atoms with E-state index in [0.717, 1.165) is 26.2 Å². The molecule has 0 aliphatic carbocycles. The first-order valence-corrected chi connectivity index (χ1v) is 8.34. The average molecular weight is 304 g/mol. The van der Waals surface area contributed by atoms with Crippen LogP contribution in [0.2, 0.25) is 0 Å². The second-order valence-corrected chi connectivity index (χ2v) is 5.24. The van der Waals surface area contributed by atoms with E-state index in [-0.39, 0.29) is 0 Å². The van der Waals surface area contributed by atoms with Crippen LogP contribution in [0.25, 0.3) is 0 Å². The predicted molar refractivity (Wildman–Crippen MR) is 88.0 cm³/mol. The van der Waals surface area contributed by atoms with Crippen LogP contribution in [0.1, 0.15) is 33.6 Å². The molecular formula is C16H36N2O3. The van der Waals surface area contributed by atoms with E-state index < -0.39 is 0 Å². The van der Waals surface area contributed by atoms with Gasteiger partial charge in [0.25, 0.3) is 0 Å². The maximum atomic E-state index is 5.51. The number of hydrogen-bond acceptors (Lipinski definition) is 5. The van der Waals surface area contributed by atoms with Gasteiger partial charge in [0, 0.05) is 19.7 Å². The van der Waals surface area contributed by atoms with Crippen LogP contribution >= 0.6 is 0 Å². The summed E-state index contributed by atoms with van der Waals surface area (Å²) in [6, 6.07) is 0.558. The zero-order chi connectivity index (χ0) is 15.8. The Labute approximate surface area is 131 Å². The lowest BCUT2D eigenvalue weighted by Gasteiger charge is -2.19. The topological polar surface area (TPSA) is 43.0 Å². The second kappa shape index (κ2) is 16.2. The summed E-state index contributed by atoms with van der Waals surface area (Å²) >= 11 is 0. The van der Waals surface area contributed by atoms with Gasteiger partial charge in [0.05, 0.1) is 33.0 Å². The molecule has 0 aromatic heterocycles. The van der Waals surface area contributed by atoms with Crippen LogP contribution < -0.4 is 5.32 Å². The Hall–Kier alpha value is -0.200. The molecule has 0 heterocycles. The molecule has 5 nitrogen and oxygen atoms in total. The van der Waals surface area contributed by atoms with Crippen LogP contribution in [0.5, 0.6) is 0 Å². The molecule has 21 heavy (non-hydrogen) atoms. The highest BCUT2D eigenvalue weighted by Crippen LogP contribution is 1.99. The number of ether oxygens (including phenoxy) is 3. The fourth-order valence-corrected chi connectivity index (χ4v) is 2.10. The van der Waals surface area contributed by atoms with E-state index in [4.69, 9.17) is 14.2 Å². The lowest BCUT2D eigenvalue weighted by Crippen LogP contribution is -2.31. The van der Waals surface area contributed by atoms with E-state index in [9.17, 15) is 0 Å². The molecule has 0 aliphatic heterocycles. The summed E-state index contributed by atoms with van der Waals surface area (Å²) in [5.41, 5.74) is 0. The van der Waals surface area contributed by atoms with Gasteiger partial charge in [-0.05, 0) is 39.4 Å². The van der Waals surface area contributed by atoms with Crippen molar-refractivity contribution < 1.29 is 14.2 Å². The summed E-state index contributed by atoms with van der Waals surface area (Å²) in [7, 11) is 1.68. The quantitative estimate of drug-likeness (QED) is 0.440.